The molecule has 2 N–H and O–H groups in total. The average Bonchev–Trinajstić information content (AvgIpc) is 3.32. The molecule has 1 atom stereocenters. The molecule has 0 spiro atoms. The normalized spacial score (nSPS) is 17.8. The molecule has 2 aromatic heterocycles. The summed E-state index contributed by atoms with van der Waals surface area (Å²) in [4.78, 5) is 30.9. The molecule has 2 aromatic rings. The van der Waals surface area contributed by atoms with Crippen molar-refractivity contribution in [3.63, 3.8) is 0 Å². The largest absolute Gasteiger partial charge is 0.459 e. The molecule has 0 saturated carbocycles. The molecule has 0 aliphatic carbocycles. The lowest BCUT2D eigenvalue weighted by Gasteiger charge is -2.35. The molecule has 3 heterocycles. The number of piperidine rings is 1. The Balaban J connectivity index is 1.43. The maximum absolute atomic E-state index is 12.2. The van der Waals surface area contributed by atoms with E-state index in [-0.39, 0.29) is 24.0 Å². The van der Waals surface area contributed by atoms with Crippen molar-refractivity contribution in [2.75, 3.05) is 25.0 Å². The van der Waals surface area contributed by atoms with Crippen molar-refractivity contribution in [2.24, 2.45) is 5.92 Å². The third-order valence-corrected chi connectivity index (χ3v) is 5.53. The van der Waals surface area contributed by atoms with Gasteiger partial charge in [-0.05, 0) is 51.3 Å². The van der Waals surface area contributed by atoms with Gasteiger partial charge in [0.1, 0.15) is 0 Å². The third-order valence-electron chi connectivity index (χ3n) is 4.73. The molecule has 3 rings (SSSR count). The van der Waals surface area contributed by atoms with Crippen molar-refractivity contribution in [1.29, 1.82) is 0 Å². The summed E-state index contributed by atoms with van der Waals surface area (Å²) in [5, 5.41) is 7.95. The molecule has 0 radical (unpaired) electrons. The fourth-order valence-electron chi connectivity index (χ4n) is 3.23. The Morgan fingerprint density at radius 1 is 1.44 bits per heavy atom. The summed E-state index contributed by atoms with van der Waals surface area (Å²) in [6, 6.07) is 3.79. The number of nitrogens with zero attached hydrogens (tertiary/aromatic N) is 2. The number of nitrogens with one attached hydrogen (secondary N) is 2. The molecule has 146 valence electrons. The van der Waals surface area contributed by atoms with Crippen molar-refractivity contribution < 1.29 is 14.0 Å². The fourth-order valence-corrected chi connectivity index (χ4v) is 3.94. The zero-order valence-electron chi connectivity index (χ0n) is 15.7. The van der Waals surface area contributed by atoms with Gasteiger partial charge in [0.2, 0.25) is 5.91 Å². The van der Waals surface area contributed by atoms with Gasteiger partial charge < -0.3 is 14.6 Å². The van der Waals surface area contributed by atoms with Crippen LogP contribution < -0.4 is 10.6 Å². The fraction of sp³-hybridized carbons (Fsp3) is 0.526. The van der Waals surface area contributed by atoms with Gasteiger partial charge in [-0.2, -0.15) is 0 Å². The van der Waals surface area contributed by atoms with E-state index >= 15 is 0 Å². The summed E-state index contributed by atoms with van der Waals surface area (Å²) in [5.74, 6) is 0.347. The Labute approximate surface area is 163 Å². The monoisotopic (exact) mass is 390 g/mol. The van der Waals surface area contributed by atoms with Crippen molar-refractivity contribution in [1.82, 2.24) is 15.2 Å². The van der Waals surface area contributed by atoms with E-state index in [0.717, 1.165) is 19.5 Å². The van der Waals surface area contributed by atoms with Crippen LogP contribution in [0, 0.1) is 5.92 Å². The van der Waals surface area contributed by atoms with Gasteiger partial charge in [-0.1, -0.05) is 0 Å². The van der Waals surface area contributed by atoms with Crippen molar-refractivity contribution in [2.45, 2.75) is 39.2 Å². The van der Waals surface area contributed by atoms with E-state index in [0.29, 0.717) is 29.3 Å². The molecule has 27 heavy (non-hydrogen) atoms. The lowest BCUT2D eigenvalue weighted by molar-refractivity contribution is -0.120. The Morgan fingerprint density at radius 2 is 2.30 bits per heavy atom. The lowest BCUT2D eigenvalue weighted by atomic mass is 9.97. The van der Waals surface area contributed by atoms with Crippen LogP contribution in [0.25, 0.3) is 0 Å². The topological polar surface area (TPSA) is 87.5 Å². The van der Waals surface area contributed by atoms with Gasteiger partial charge in [0.15, 0.2) is 10.9 Å². The molecular weight excluding hydrogens is 364 g/mol. The minimum absolute atomic E-state index is 0.0362. The van der Waals surface area contributed by atoms with Gasteiger partial charge in [-0.3, -0.25) is 14.9 Å². The molecule has 1 saturated heterocycles. The first-order valence-electron chi connectivity index (χ1n) is 9.31. The minimum atomic E-state index is -0.350. The minimum Gasteiger partial charge on any atom is -0.459 e. The first-order valence-corrected chi connectivity index (χ1v) is 10.2. The summed E-state index contributed by atoms with van der Waals surface area (Å²) in [5.41, 5.74) is 0.652. The van der Waals surface area contributed by atoms with Crippen LogP contribution in [0.5, 0.6) is 0 Å². The molecule has 7 nitrogen and oxygen atoms in total. The number of hydrogen-bond acceptors (Lipinski definition) is 6. The number of likely N-dealkylation sites (tertiary alicyclic amines) is 1. The number of carbonyl (C=O) groups excluding carboxylic acids is 2. The molecule has 1 fully saturated rings. The number of anilines is 1. The maximum Gasteiger partial charge on any atom is 0.293 e. The average molecular weight is 391 g/mol. The summed E-state index contributed by atoms with van der Waals surface area (Å²) >= 11 is 1.30. The van der Waals surface area contributed by atoms with Crippen LogP contribution in [-0.4, -0.2) is 47.4 Å². The molecule has 2 amide bonds. The van der Waals surface area contributed by atoms with Gasteiger partial charge in [0, 0.05) is 24.5 Å². The van der Waals surface area contributed by atoms with E-state index < -0.39 is 0 Å². The number of thiazole rings is 1. The van der Waals surface area contributed by atoms with Crippen LogP contribution in [0.4, 0.5) is 5.13 Å². The molecule has 1 aliphatic heterocycles. The van der Waals surface area contributed by atoms with Gasteiger partial charge in [-0.15, -0.1) is 11.3 Å². The molecule has 1 unspecified atom stereocenters. The highest BCUT2D eigenvalue weighted by atomic mass is 32.1. The second-order valence-corrected chi connectivity index (χ2v) is 8.01. The zero-order chi connectivity index (χ0) is 19.2. The highest BCUT2D eigenvalue weighted by Crippen LogP contribution is 2.19. The van der Waals surface area contributed by atoms with Gasteiger partial charge in [-0.25, -0.2) is 4.98 Å². The van der Waals surface area contributed by atoms with Gasteiger partial charge >= 0.3 is 0 Å². The van der Waals surface area contributed by atoms with Crippen molar-refractivity contribution in [3.05, 3.63) is 35.2 Å². The molecule has 0 bridgehead atoms. The highest BCUT2D eigenvalue weighted by Gasteiger charge is 2.22. The van der Waals surface area contributed by atoms with Crippen LogP contribution >= 0.6 is 11.3 Å². The SMILES string of the molecule is CC(C)N1CCCC(CNC(=O)Cc2csc(NC(=O)c3ccco3)n2)C1. The van der Waals surface area contributed by atoms with Crippen LogP contribution in [-0.2, 0) is 11.2 Å². The second-order valence-electron chi connectivity index (χ2n) is 7.15. The lowest BCUT2D eigenvalue weighted by Crippen LogP contribution is -2.44. The predicted molar refractivity (Wildman–Crippen MR) is 105 cm³/mol. The third kappa shape index (κ3) is 5.64. The quantitative estimate of drug-likeness (QED) is 0.759. The van der Waals surface area contributed by atoms with Crippen LogP contribution in [0.15, 0.2) is 28.2 Å². The molecule has 1 aliphatic rings. The number of aromatic nitrogens is 1. The molecular formula is C19H26N4O3S. The van der Waals surface area contributed by atoms with Crippen LogP contribution in [0.3, 0.4) is 0 Å². The smallest absolute Gasteiger partial charge is 0.293 e. The Bertz CT molecular complexity index is 757. The first-order chi connectivity index (χ1) is 13.0. The predicted octanol–water partition coefficient (Wildman–Crippen LogP) is 2.77. The summed E-state index contributed by atoms with van der Waals surface area (Å²) in [7, 11) is 0. The van der Waals surface area contributed by atoms with E-state index in [1.807, 2.05) is 0 Å². The standard InChI is InChI=1S/C19H26N4O3S/c1-13(2)23-7-3-5-14(11-23)10-20-17(24)9-15-12-27-19(21-15)22-18(25)16-6-4-8-26-16/h4,6,8,12-14H,3,5,7,9-11H2,1-2H3,(H,20,24)(H,21,22,25). The van der Waals surface area contributed by atoms with E-state index in [9.17, 15) is 9.59 Å². The maximum atomic E-state index is 12.2. The van der Waals surface area contributed by atoms with Crippen molar-refractivity contribution >= 4 is 28.3 Å². The van der Waals surface area contributed by atoms with E-state index in [4.69, 9.17) is 4.42 Å². The van der Waals surface area contributed by atoms with Crippen molar-refractivity contribution in [3.8, 4) is 0 Å². The second kappa shape index (κ2) is 9.14. The van der Waals surface area contributed by atoms with E-state index in [1.165, 1.54) is 24.0 Å². The number of amides is 2. The van der Waals surface area contributed by atoms with Gasteiger partial charge in [0.25, 0.3) is 5.91 Å². The first kappa shape index (κ1) is 19.6. The number of hydrogen-bond donors (Lipinski definition) is 2. The van der Waals surface area contributed by atoms with Gasteiger partial charge in [0.05, 0.1) is 18.4 Å². The number of rotatable bonds is 7. The van der Waals surface area contributed by atoms with E-state index in [1.54, 1.807) is 17.5 Å². The number of furan rings is 1. The van der Waals surface area contributed by atoms with Crippen LogP contribution in [0.1, 0.15) is 42.9 Å². The Hall–Kier alpha value is -2.19. The van der Waals surface area contributed by atoms with E-state index in [2.05, 4.69) is 34.4 Å². The summed E-state index contributed by atoms with van der Waals surface area (Å²) < 4.78 is 5.05. The molecule has 0 aromatic carbocycles. The van der Waals surface area contributed by atoms with Crippen LogP contribution in [0.2, 0.25) is 0 Å². The summed E-state index contributed by atoms with van der Waals surface area (Å²) in [6.07, 6.45) is 4.00. The molecule has 8 heteroatoms. The Kier molecular flexibility index (Phi) is 6.63. The highest BCUT2D eigenvalue weighted by molar-refractivity contribution is 7.14. The summed E-state index contributed by atoms with van der Waals surface area (Å²) in [6.45, 7) is 7.32. The number of carbonyl (C=O) groups is 2. The Morgan fingerprint density at radius 3 is 3.04 bits per heavy atom. The zero-order valence-corrected chi connectivity index (χ0v) is 16.6.